The van der Waals surface area contributed by atoms with Crippen LogP contribution < -0.4 is 15.4 Å². The van der Waals surface area contributed by atoms with Gasteiger partial charge < -0.3 is 15.4 Å². The number of pyridine rings is 1. The Morgan fingerprint density at radius 2 is 1.75 bits per heavy atom. The van der Waals surface area contributed by atoms with Crippen LogP contribution in [-0.2, 0) is 6.54 Å². The Kier molecular flexibility index (Phi) is 6.30. The molecule has 0 fully saturated rings. The molecule has 0 spiro atoms. The molecular formula is C23H17ClN6O2. The van der Waals surface area contributed by atoms with Crippen LogP contribution in [0.2, 0.25) is 5.02 Å². The van der Waals surface area contributed by atoms with Gasteiger partial charge in [0, 0.05) is 17.3 Å². The first-order chi connectivity index (χ1) is 15.6. The first kappa shape index (κ1) is 20.9. The monoisotopic (exact) mass is 444 g/mol. The molecule has 32 heavy (non-hydrogen) atoms. The average molecular weight is 445 g/mol. The van der Waals surface area contributed by atoms with E-state index in [4.69, 9.17) is 21.6 Å². The van der Waals surface area contributed by atoms with Crippen LogP contribution in [-0.4, -0.2) is 20.8 Å². The molecule has 0 aliphatic carbocycles. The van der Waals surface area contributed by atoms with E-state index in [9.17, 15) is 4.79 Å². The third kappa shape index (κ3) is 5.62. The number of ether oxygens (including phenoxy) is 1. The molecule has 2 aromatic carbocycles. The summed E-state index contributed by atoms with van der Waals surface area (Å²) in [5, 5.41) is 19.2. The van der Waals surface area contributed by atoms with Crippen molar-refractivity contribution in [3.8, 4) is 17.7 Å². The number of urea groups is 1. The van der Waals surface area contributed by atoms with Crippen molar-refractivity contribution in [3.05, 3.63) is 95.4 Å². The number of nitrogens with one attached hydrogen (secondary N) is 2. The standard InChI is InChI=1S/C23H17ClN6O2/c24-18-5-1-17(2-6-18)14-30-15-20(13-27-30)29-23(31)28-19-7-10-22(26-12-19)32-21-8-3-16(11-25)4-9-21/h1-10,12-13,15H,14H2,(H2,28,29,31). The number of amides is 2. The fourth-order valence-electron chi connectivity index (χ4n) is 2.82. The predicted molar refractivity (Wildman–Crippen MR) is 121 cm³/mol. The maximum Gasteiger partial charge on any atom is 0.323 e. The molecule has 0 saturated heterocycles. The molecule has 0 aliphatic heterocycles. The lowest BCUT2D eigenvalue weighted by Gasteiger charge is -2.08. The first-order valence-electron chi connectivity index (χ1n) is 9.56. The zero-order valence-electron chi connectivity index (χ0n) is 16.7. The van der Waals surface area contributed by atoms with Gasteiger partial charge in [0.2, 0.25) is 5.88 Å². The zero-order valence-corrected chi connectivity index (χ0v) is 17.5. The van der Waals surface area contributed by atoms with Crippen LogP contribution >= 0.6 is 11.6 Å². The Balaban J connectivity index is 1.29. The molecule has 2 heterocycles. The Labute approximate surface area is 189 Å². The first-order valence-corrected chi connectivity index (χ1v) is 9.94. The van der Waals surface area contributed by atoms with E-state index in [-0.39, 0.29) is 0 Å². The maximum absolute atomic E-state index is 12.3. The van der Waals surface area contributed by atoms with E-state index in [1.165, 1.54) is 6.20 Å². The molecule has 0 bridgehead atoms. The van der Waals surface area contributed by atoms with E-state index >= 15 is 0 Å². The van der Waals surface area contributed by atoms with Crippen molar-refractivity contribution in [2.24, 2.45) is 0 Å². The summed E-state index contributed by atoms with van der Waals surface area (Å²) >= 11 is 5.90. The Morgan fingerprint density at radius 3 is 2.44 bits per heavy atom. The highest BCUT2D eigenvalue weighted by atomic mass is 35.5. The fourth-order valence-corrected chi connectivity index (χ4v) is 2.94. The summed E-state index contributed by atoms with van der Waals surface area (Å²) in [4.78, 5) is 16.4. The molecule has 8 nitrogen and oxygen atoms in total. The molecule has 0 atom stereocenters. The highest BCUT2D eigenvalue weighted by Crippen LogP contribution is 2.21. The molecule has 9 heteroatoms. The number of carbonyl (C=O) groups is 1. The molecule has 4 rings (SSSR count). The summed E-state index contributed by atoms with van der Waals surface area (Å²) in [6, 6.07) is 19.1. The van der Waals surface area contributed by atoms with Crippen molar-refractivity contribution < 1.29 is 9.53 Å². The van der Waals surface area contributed by atoms with Gasteiger partial charge in [-0.15, -0.1) is 0 Å². The van der Waals surface area contributed by atoms with Gasteiger partial charge in [-0.2, -0.15) is 10.4 Å². The van der Waals surface area contributed by atoms with Gasteiger partial charge in [0.05, 0.1) is 41.9 Å². The molecule has 4 aromatic rings. The lowest BCUT2D eigenvalue weighted by atomic mass is 10.2. The lowest BCUT2D eigenvalue weighted by molar-refractivity contribution is 0.262. The van der Waals surface area contributed by atoms with Crippen molar-refractivity contribution >= 4 is 29.0 Å². The van der Waals surface area contributed by atoms with Crippen LogP contribution in [0.3, 0.4) is 0 Å². The summed E-state index contributed by atoms with van der Waals surface area (Å²) in [6.45, 7) is 0.561. The number of anilines is 2. The SMILES string of the molecule is N#Cc1ccc(Oc2ccc(NC(=O)Nc3cnn(Cc4ccc(Cl)cc4)c3)cn2)cc1. The summed E-state index contributed by atoms with van der Waals surface area (Å²) in [6.07, 6.45) is 4.80. The molecular weight excluding hydrogens is 428 g/mol. The number of benzene rings is 2. The van der Waals surface area contributed by atoms with Crippen LogP contribution in [0.5, 0.6) is 11.6 Å². The van der Waals surface area contributed by atoms with Gasteiger partial charge in [-0.1, -0.05) is 23.7 Å². The molecule has 0 radical (unpaired) electrons. The molecule has 158 valence electrons. The second-order valence-electron chi connectivity index (χ2n) is 6.76. The summed E-state index contributed by atoms with van der Waals surface area (Å²) in [7, 11) is 0. The third-order valence-electron chi connectivity index (χ3n) is 4.35. The normalized spacial score (nSPS) is 10.2. The van der Waals surface area contributed by atoms with Crippen molar-refractivity contribution in [1.29, 1.82) is 5.26 Å². The van der Waals surface area contributed by atoms with Crippen LogP contribution in [0.1, 0.15) is 11.1 Å². The molecule has 2 aromatic heterocycles. The number of nitriles is 1. The second-order valence-corrected chi connectivity index (χ2v) is 7.19. The summed E-state index contributed by atoms with van der Waals surface area (Å²) in [5.41, 5.74) is 2.66. The Bertz CT molecular complexity index is 1250. The highest BCUT2D eigenvalue weighted by Gasteiger charge is 2.07. The molecule has 0 saturated carbocycles. The van der Waals surface area contributed by atoms with Gasteiger partial charge in [-0.05, 0) is 48.0 Å². The fraction of sp³-hybridized carbons (Fsp3) is 0.0435. The third-order valence-corrected chi connectivity index (χ3v) is 4.60. The second kappa shape index (κ2) is 9.64. The minimum atomic E-state index is -0.418. The van der Waals surface area contributed by atoms with Gasteiger partial charge in [0.15, 0.2) is 0 Å². The van der Waals surface area contributed by atoms with Crippen LogP contribution in [0.4, 0.5) is 16.2 Å². The van der Waals surface area contributed by atoms with Crippen LogP contribution in [0, 0.1) is 11.3 Å². The van der Waals surface area contributed by atoms with Crippen molar-refractivity contribution in [3.63, 3.8) is 0 Å². The largest absolute Gasteiger partial charge is 0.439 e. The van der Waals surface area contributed by atoms with Gasteiger partial charge >= 0.3 is 6.03 Å². The Morgan fingerprint density at radius 1 is 1.00 bits per heavy atom. The van der Waals surface area contributed by atoms with Crippen molar-refractivity contribution in [1.82, 2.24) is 14.8 Å². The number of hydrogen-bond acceptors (Lipinski definition) is 5. The number of hydrogen-bond donors (Lipinski definition) is 2. The Hall–Kier alpha value is -4.35. The van der Waals surface area contributed by atoms with E-state index in [0.29, 0.717) is 40.1 Å². The van der Waals surface area contributed by atoms with Crippen molar-refractivity contribution in [2.75, 3.05) is 10.6 Å². The number of aromatic nitrogens is 3. The topological polar surface area (TPSA) is 105 Å². The van der Waals surface area contributed by atoms with E-state index in [1.807, 2.05) is 30.3 Å². The van der Waals surface area contributed by atoms with Crippen LogP contribution in [0.15, 0.2) is 79.3 Å². The zero-order chi connectivity index (χ0) is 22.3. The number of nitrogens with zero attached hydrogens (tertiary/aromatic N) is 4. The smallest absolute Gasteiger partial charge is 0.323 e. The maximum atomic E-state index is 12.3. The van der Waals surface area contributed by atoms with E-state index in [2.05, 4.69) is 20.7 Å². The molecule has 2 amide bonds. The quantitative estimate of drug-likeness (QED) is 0.420. The lowest BCUT2D eigenvalue weighted by Crippen LogP contribution is -2.19. The minimum Gasteiger partial charge on any atom is -0.439 e. The molecule has 0 unspecified atom stereocenters. The average Bonchev–Trinajstić information content (AvgIpc) is 3.23. The highest BCUT2D eigenvalue weighted by molar-refractivity contribution is 6.30. The summed E-state index contributed by atoms with van der Waals surface area (Å²) < 4.78 is 7.34. The molecule has 0 aliphatic rings. The van der Waals surface area contributed by atoms with Crippen LogP contribution in [0.25, 0.3) is 0 Å². The number of carbonyl (C=O) groups excluding carboxylic acids is 1. The minimum absolute atomic E-state index is 0.365. The molecule has 2 N–H and O–H groups in total. The van der Waals surface area contributed by atoms with Gasteiger partial charge in [-0.3, -0.25) is 4.68 Å². The summed E-state index contributed by atoms with van der Waals surface area (Å²) in [5.74, 6) is 0.926. The predicted octanol–water partition coefficient (Wildman–Crippen LogP) is 5.29. The van der Waals surface area contributed by atoms with E-state index in [0.717, 1.165) is 5.56 Å². The van der Waals surface area contributed by atoms with Gasteiger partial charge in [-0.25, -0.2) is 9.78 Å². The number of rotatable bonds is 6. The van der Waals surface area contributed by atoms with E-state index < -0.39 is 6.03 Å². The van der Waals surface area contributed by atoms with Gasteiger partial charge in [0.1, 0.15) is 5.75 Å². The van der Waals surface area contributed by atoms with Crippen molar-refractivity contribution in [2.45, 2.75) is 6.54 Å². The number of halogens is 1. The van der Waals surface area contributed by atoms with Gasteiger partial charge in [0.25, 0.3) is 0 Å². The van der Waals surface area contributed by atoms with E-state index in [1.54, 1.807) is 53.5 Å².